The zero-order chi connectivity index (χ0) is 9.26. The van der Waals surface area contributed by atoms with E-state index in [1.807, 2.05) is 0 Å². The van der Waals surface area contributed by atoms with Crippen LogP contribution in [0.25, 0.3) is 0 Å². The highest BCUT2D eigenvalue weighted by Gasteiger charge is 2.19. The number of nitrogens with two attached hydrogens (primary N) is 1. The second-order valence-electron chi connectivity index (χ2n) is 3.69. The molecule has 2 N–H and O–H groups in total. The second kappa shape index (κ2) is 3.50. The third kappa shape index (κ3) is 1.48. The first-order chi connectivity index (χ1) is 6.35. The maximum absolute atomic E-state index is 5.72. The van der Waals surface area contributed by atoms with Crippen molar-refractivity contribution in [1.82, 2.24) is 9.55 Å². The number of hydrogen-bond donors (Lipinski definition) is 1. The molecule has 0 fully saturated rings. The molecule has 1 aliphatic rings. The molecular weight excluding hydrogens is 162 g/mol. The Kier molecular flexibility index (Phi) is 2.36. The molecule has 0 aromatic carbocycles. The summed E-state index contributed by atoms with van der Waals surface area (Å²) in [6.45, 7) is 2.89. The second-order valence-corrected chi connectivity index (χ2v) is 3.69. The standard InChI is InChI=1S/C10H17N3/c1-2-8-7-13-9(6-11)4-3-5-10(13)12-8/h7,9H,2-6,11H2,1H3. The maximum atomic E-state index is 5.72. The van der Waals surface area contributed by atoms with E-state index in [2.05, 4.69) is 22.7 Å². The molecule has 1 unspecified atom stereocenters. The average molecular weight is 179 g/mol. The molecule has 2 rings (SSSR count). The molecule has 1 aliphatic heterocycles. The highest BCUT2D eigenvalue weighted by Crippen LogP contribution is 2.23. The molecule has 0 amide bonds. The van der Waals surface area contributed by atoms with Gasteiger partial charge in [0.25, 0.3) is 0 Å². The number of imidazole rings is 1. The monoisotopic (exact) mass is 179 g/mol. The van der Waals surface area contributed by atoms with Crippen LogP contribution in [0.1, 0.15) is 37.3 Å². The van der Waals surface area contributed by atoms with Gasteiger partial charge in [-0.15, -0.1) is 0 Å². The quantitative estimate of drug-likeness (QED) is 0.743. The van der Waals surface area contributed by atoms with E-state index in [0.29, 0.717) is 6.04 Å². The third-order valence-corrected chi connectivity index (χ3v) is 2.82. The molecule has 0 bridgehead atoms. The fourth-order valence-corrected chi connectivity index (χ4v) is 2.03. The molecule has 13 heavy (non-hydrogen) atoms. The Morgan fingerprint density at radius 1 is 1.69 bits per heavy atom. The molecule has 0 saturated heterocycles. The van der Waals surface area contributed by atoms with Crippen molar-refractivity contribution < 1.29 is 0 Å². The Labute approximate surface area is 79.0 Å². The number of aromatic nitrogens is 2. The summed E-state index contributed by atoms with van der Waals surface area (Å²) in [7, 11) is 0. The van der Waals surface area contributed by atoms with Crippen LogP contribution in [0.4, 0.5) is 0 Å². The molecule has 1 atom stereocenters. The van der Waals surface area contributed by atoms with E-state index in [4.69, 9.17) is 5.73 Å². The minimum Gasteiger partial charge on any atom is -0.330 e. The van der Waals surface area contributed by atoms with Crippen LogP contribution < -0.4 is 5.73 Å². The van der Waals surface area contributed by atoms with Crippen LogP contribution in [-0.2, 0) is 12.8 Å². The molecule has 1 aromatic rings. The molecule has 2 heterocycles. The van der Waals surface area contributed by atoms with Crippen molar-refractivity contribution in [2.75, 3.05) is 6.54 Å². The summed E-state index contributed by atoms with van der Waals surface area (Å²) in [5.74, 6) is 1.23. The summed E-state index contributed by atoms with van der Waals surface area (Å²) in [6, 6.07) is 0.497. The first kappa shape index (κ1) is 8.75. The smallest absolute Gasteiger partial charge is 0.109 e. The Hall–Kier alpha value is -0.830. The Morgan fingerprint density at radius 3 is 3.23 bits per heavy atom. The van der Waals surface area contributed by atoms with E-state index in [1.165, 1.54) is 24.4 Å². The van der Waals surface area contributed by atoms with Crippen molar-refractivity contribution in [1.29, 1.82) is 0 Å². The van der Waals surface area contributed by atoms with Crippen molar-refractivity contribution in [3.05, 3.63) is 17.7 Å². The van der Waals surface area contributed by atoms with Crippen molar-refractivity contribution >= 4 is 0 Å². The van der Waals surface area contributed by atoms with Gasteiger partial charge >= 0.3 is 0 Å². The van der Waals surface area contributed by atoms with Crippen LogP contribution in [0.2, 0.25) is 0 Å². The van der Waals surface area contributed by atoms with Gasteiger partial charge < -0.3 is 10.3 Å². The zero-order valence-electron chi connectivity index (χ0n) is 8.16. The van der Waals surface area contributed by atoms with Crippen LogP contribution in [0.5, 0.6) is 0 Å². The molecule has 0 saturated carbocycles. The largest absolute Gasteiger partial charge is 0.330 e. The minimum absolute atomic E-state index is 0.497. The highest BCUT2D eigenvalue weighted by molar-refractivity contribution is 5.08. The van der Waals surface area contributed by atoms with Crippen LogP contribution in [0.15, 0.2) is 6.20 Å². The molecular formula is C10H17N3. The van der Waals surface area contributed by atoms with Gasteiger partial charge in [0, 0.05) is 25.2 Å². The fourth-order valence-electron chi connectivity index (χ4n) is 2.03. The van der Waals surface area contributed by atoms with Crippen molar-refractivity contribution in [2.45, 2.75) is 38.6 Å². The summed E-state index contributed by atoms with van der Waals surface area (Å²) in [6.07, 6.45) is 6.77. The van der Waals surface area contributed by atoms with Crippen LogP contribution >= 0.6 is 0 Å². The maximum Gasteiger partial charge on any atom is 0.109 e. The lowest BCUT2D eigenvalue weighted by Gasteiger charge is -2.23. The molecule has 0 radical (unpaired) electrons. The number of nitrogens with zero attached hydrogens (tertiary/aromatic N) is 2. The molecule has 3 heteroatoms. The van der Waals surface area contributed by atoms with E-state index in [0.717, 1.165) is 19.4 Å². The molecule has 0 aliphatic carbocycles. The SMILES string of the molecule is CCc1cn2c(n1)CCCC2CN. The normalized spacial score (nSPS) is 21.5. The van der Waals surface area contributed by atoms with Crippen LogP contribution in [-0.4, -0.2) is 16.1 Å². The van der Waals surface area contributed by atoms with Crippen LogP contribution in [0, 0.1) is 0 Å². The fraction of sp³-hybridized carbons (Fsp3) is 0.700. The van der Waals surface area contributed by atoms with E-state index in [-0.39, 0.29) is 0 Å². The van der Waals surface area contributed by atoms with E-state index in [1.54, 1.807) is 0 Å². The van der Waals surface area contributed by atoms with Crippen molar-refractivity contribution in [2.24, 2.45) is 5.73 Å². The first-order valence-electron chi connectivity index (χ1n) is 5.11. The number of fused-ring (bicyclic) bond motifs is 1. The Morgan fingerprint density at radius 2 is 2.54 bits per heavy atom. The number of aryl methyl sites for hydroxylation is 2. The summed E-state index contributed by atoms with van der Waals surface area (Å²) in [4.78, 5) is 4.57. The summed E-state index contributed by atoms with van der Waals surface area (Å²) < 4.78 is 2.28. The molecule has 1 aromatic heterocycles. The van der Waals surface area contributed by atoms with E-state index >= 15 is 0 Å². The number of rotatable bonds is 2. The van der Waals surface area contributed by atoms with Crippen molar-refractivity contribution in [3.63, 3.8) is 0 Å². The van der Waals surface area contributed by atoms with Gasteiger partial charge in [0.15, 0.2) is 0 Å². The lowest BCUT2D eigenvalue weighted by Crippen LogP contribution is -2.24. The highest BCUT2D eigenvalue weighted by atomic mass is 15.1. The zero-order valence-corrected chi connectivity index (χ0v) is 8.16. The van der Waals surface area contributed by atoms with Crippen molar-refractivity contribution in [3.8, 4) is 0 Å². The van der Waals surface area contributed by atoms with Gasteiger partial charge in [-0.05, 0) is 19.3 Å². The topological polar surface area (TPSA) is 43.8 Å². The van der Waals surface area contributed by atoms with Gasteiger partial charge in [-0.1, -0.05) is 6.92 Å². The van der Waals surface area contributed by atoms with Gasteiger partial charge in [-0.25, -0.2) is 4.98 Å². The molecule has 0 spiro atoms. The van der Waals surface area contributed by atoms with Gasteiger partial charge in [0.1, 0.15) is 5.82 Å². The summed E-state index contributed by atoms with van der Waals surface area (Å²) >= 11 is 0. The predicted octanol–water partition coefficient (Wildman–Crippen LogP) is 1.28. The molecule has 72 valence electrons. The van der Waals surface area contributed by atoms with Gasteiger partial charge in [-0.3, -0.25) is 0 Å². The Bertz CT molecular complexity index is 290. The number of hydrogen-bond acceptors (Lipinski definition) is 2. The Balaban J connectivity index is 2.32. The third-order valence-electron chi connectivity index (χ3n) is 2.82. The minimum atomic E-state index is 0.497. The van der Waals surface area contributed by atoms with E-state index in [9.17, 15) is 0 Å². The molecule has 3 nitrogen and oxygen atoms in total. The summed E-state index contributed by atoms with van der Waals surface area (Å²) in [5, 5.41) is 0. The summed E-state index contributed by atoms with van der Waals surface area (Å²) in [5.41, 5.74) is 6.92. The van der Waals surface area contributed by atoms with E-state index < -0.39 is 0 Å². The average Bonchev–Trinajstić information content (AvgIpc) is 2.59. The van der Waals surface area contributed by atoms with Gasteiger partial charge in [-0.2, -0.15) is 0 Å². The lowest BCUT2D eigenvalue weighted by molar-refractivity contribution is 0.404. The predicted molar refractivity (Wildman–Crippen MR) is 52.6 cm³/mol. The lowest BCUT2D eigenvalue weighted by atomic mass is 10.1. The van der Waals surface area contributed by atoms with Gasteiger partial charge in [0.2, 0.25) is 0 Å². The first-order valence-corrected chi connectivity index (χ1v) is 5.11. The van der Waals surface area contributed by atoms with Gasteiger partial charge in [0.05, 0.1) is 5.69 Å². The van der Waals surface area contributed by atoms with Crippen LogP contribution in [0.3, 0.4) is 0 Å².